The van der Waals surface area contributed by atoms with Gasteiger partial charge in [-0.3, -0.25) is 0 Å². The highest BCUT2D eigenvalue weighted by Crippen LogP contribution is 2.67. The fraction of sp³-hybridized carbons (Fsp3) is 0.133. The van der Waals surface area contributed by atoms with Crippen LogP contribution in [-0.2, 0) is 10.8 Å². The van der Waals surface area contributed by atoms with Crippen LogP contribution in [0.25, 0.3) is 0 Å². The molecule has 2 nitrogen and oxygen atoms in total. The standard InChI is InChI=1S/C30H18N2/c31-17-29-23-13-5-1-9-19(23)27(20-10-2-6-14-24(20)29)30(18-32)25-15-7-3-11-21(25)28(29)22-12-4-8-16-26(22)30/h1-16,27-28H. The van der Waals surface area contributed by atoms with Crippen LogP contribution in [0.2, 0.25) is 0 Å². The minimum Gasteiger partial charge on any atom is -0.197 e. The zero-order valence-corrected chi connectivity index (χ0v) is 17.3. The average molecular weight is 406 g/mol. The highest BCUT2D eigenvalue weighted by molar-refractivity contribution is 5.76. The molecule has 0 radical (unpaired) electrons. The van der Waals surface area contributed by atoms with Crippen LogP contribution in [0.15, 0.2) is 97.1 Å². The van der Waals surface area contributed by atoms with Crippen molar-refractivity contribution in [1.29, 1.82) is 10.5 Å². The summed E-state index contributed by atoms with van der Waals surface area (Å²) in [6.45, 7) is 0. The van der Waals surface area contributed by atoms with Crippen molar-refractivity contribution in [2.75, 3.05) is 0 Å². The zero-order chi connectivity index (χ0) is 21.5. The topological polar surface area (TPSA) is 47.6 Å². The van der Waals surface area contributed by atoms with Crippen LogP contribution in [0.4, 0.5) is 0 Å². The van der Waals surface area contributed by atoms with Gasteiger partial charge in [-0.1, -0.05) is 97.1 Å². The second-order valence-corrected chi connectivity index (χ2v) is 9.05. The summed E-state index contributed by atoms with van der Waals surface area (Å²) in [5, 5.41) is 22.1. The van der Waals surface area contributed by atoms with E-state index in [0.717, 1.165) is 44.5 Å². The summed E-state index contributed by atoms with van der Waals surface area (Å²) in [6, 6.07) is 38.9. The van der Waals surface area contributed by atoms with Crippen LogP contribution >= 0.6 is 0 Å². The first-order chi connectivity index (χ1) is 15.8. The van der Waals surface area contributed by atoms with Crippen molar-refractivity contribution in [2.24, 2.45) is 0 Å². The molecular weight excluding hydrogens is 388 g/mol. The number of hydrogen-bond donors (Lipinski definition) is 0. The van der Waals surface area contributed by atoms with Gasteiger partial charge in [-0.05, 0) is 44.5 Å². The molecule has 0 aromatic heterocycles. The lowest BCUT2D eigenvalue weighted by Crippen LogP contribution is -2.52. The Hall–Kier alpha value is -4.14. The highest BCUT2D eigenvalue weighted by atomic mass is 14.6. The van der Waals surface area contributed by atoms with Crippen LogP contribution in [-0.4, -0.2) is 0 Å². The molecule has 0 N–H and O–H groups in total. The summed E-state index contributed by atoms with van der Waals surface area (Å²) in [7, 11) is 0. The first kappa shape index (κ1) is 17.5. The van der Waals surface area contributed by atoms with Crippen molar-refractivity contribution in [2.45, 2.75) is 22.7 Å². The minimum atomic E-state index is -0.863. The molecule has 32 heavy (non-hydrogen) atoms. The average Bonchev–Trinajstić information content (AvgIpc) is 2.85. The molecule has 4 aromatic carbocycles. The van der Waals surface area contributed by atoms with E-state index >= 15 is 0 Å². The van der Waals surface area contributed by atoms with E-state index in [2.05, 4.69) is 60.7 Å². The van der Waals surface area contributed by atoms with Gasteiger partial charge in [0.1, 0.15) is 10.8 Å². The van der Waals surface area contributed by atoms with Gasteiger partial charge in [0.25, 0.3) is 0 Å². The molecule has 0 fully saturated rings. The Bertz CT molecular complexity index is 1320. The van der Waals surface area contributed by atoms with Gasteiger partial charge < -0.3 is 0 Å². The SMILES string of the molecule is N#CC12c3ccccc3C(c3ccccc31)C1(C#N)c3ccccc3C2c2ccccc21. The summed E-state index contributed by atoms with van der Waals surface area (Å²) in [5.74, 6) is -0.380. The fourth-order valence-electron chi connectivity index (χ4n) is 6.98. The van der Waals surface area contributed by atoms with E-state index in [4.69, 9.17) is 0 Å². The van der Waals surface area contributed by atoms with Crippen molar-refractivity contribution < 1.29 is 0 Å². The van der Waals surface area contributed by atoms with Crippen LogP contribution in [0.3, 0.4) is 0 Å². The van der Waals surface area contributed by atoms with Gasteiger partial charge in [0, 0.05) is 11.8 Å². The molecule has 148 valence electrons. The number of nitrogens with zero attached hydrogens (tertiary/aromatic N) is 2. The third kappa shape index (κ3) is 1.67. The van der Waals surface area contributed by atoms with Crippen LogP contribution in [0.1, 0.15) is 56.3 Å². The summed E-state index contributed by atoms with van der Waals surface area (Å²) < 4.78 is 0. The maximum atomic E-state index is 11.1. The summed E-state index contributed by atoms with van der Waals surface area (Å²) in [5.41, 5.74) is 6.84. The molecule has 10 rings (SSSR count). The van der Waals surface area contributed by atoms with E-state index in [1.165, 1.54) is 0 Å². The number of nitriles is 2. The lowest BCUT2D eigenvalue weighted by atomic mass is 9.43. The summed E-state index contributed by atoms with van der Waals surface area (Å²) >= 11 is 0. The molecular formula is C30H18N2. The van der Waals surface area contributed by atoms with Crippen LogP contribution in [0, 0.1) is 22.7 Å². The minimum absolute atomic E-state index is 0.190. The molecule has 0 heterocycles. The van der Waals surface area contributed by atoms with Crippen molar-refractivity contribution >= 4 is 0 Å². The number of rotatable bonds is 0. The van der Waals surface area contributed by atoms with Gasteiger partial charge in [0.15, 0.2) is 0 Å². The van der Waals surface area contributed by atoms with Crippen LogP contribution in [0.5, 0.6) is 0 Å². The normalized spacial score (nSPS) is 27.6. The molecule has 6 aliphatic rings. The van der Waals surface area contributed by atoms with Gasteiger partial charge in [0.2, 0.25) is 0 Å². The smallest absolute Gasteiger partial charge is 0.119 e. The van der Waals surface area contributed by atoms with E-state index in [1.54, 1.807) is 0 Å². The van der Waals surface area contributed by atoms with E-state index in [-0.39, 0.29) is 11.8 Å². The van der Waals surface area contributed by atoms with Crippen LogP contribution < -0.4 is 0 Å². The predicted octanol–water partition coefficient (Wildman–Crippen LogP) is 5.91. The Morgan fingerprint density at radius 3 is 0.938 bits per heavy atom. The molecule has 0 spiro atoms. The summed E-state index contributed by atoms with van der Waals surface area (Å²) in [4.78, 5) is 0. The number of hydrogen-bond acceptors (Lipinski definition) is 2. The molecule has 0 aliphatic heterocycles. The third-order valence-electron chi connectivity index (χ3n) is 8.01. The van der Waals surface area contributed by atoms with Gasteiger partial charge >= 0.3 is 0 Å². The fourth-order valence-corrected chi connectivity index (χ4v) is 6.98. The van der Waals surface area contributed by atoms with Gasteiger partial charge in [-0.2, -0.15) is 10.5 Å². The molecule has 0 amide bonds. The van der Waals surface area contributed by atoms with Crippen molar-refractivity contribution in [3.63, 3.8) is 0 Å². The van der Waals surface area contributed by atoms with Crippen molar-refractivity contribution in [3.8, 4) is 12.1 Å². The Kier molecular flexibility index (Phi) is 3.15. The molecule has 2 heteroatoms. The monoisotopic (exact) mass is 406 g/mol. The lowest BCUT2D eigenvalue weighted by molar-refractivity contribution is 0.423. The molecule has 4 bridgehead atoms. The van der Waals surface area contributed by atoms with E-state index in [0.29, 0.717) is 0 Å². The molecule has 0 unspecified atom stereocenters. The Morgan fingerprint density at radius 1 is 0.438 bits per heavy atom. The second-order valence-electron chi connectivity index (χ2n) is 9.05. The Labute approximate surface area is 187 Å². The van der Waals surface area contributed by atoms with Gasteiger partial charge in [0.05, 0.1) is 12.1 Å². The quantitative estimate of drug-likeness (QED) is 0.364. The van der Waals surface area contributed by atoms with E-state index in [9.17, 15) is 10.5 Å². The second kappa shape index (κ2) is 5.76. The third-order valence-corrected chi connectivity index (χ3v) is 8.01. The lowest BCUT2D eigenvalue weighted by Gasteiger charge is -2.56. The zero-order valence-electron chi connectivity index (χ0n) is 17.3. The first-order valence-electron chi connectivity index (χ1n) is 11.0. The van der Waals surface area contributed by atoms with E-state index in [1.807, 2.05) is 48.5 Å². The molecule has 0 saturated carbocycles. The molecule has 0 saturated heterocycles. The maximum absolute atomic E-state index is 11.1. The molecule has 6 aliphatic carbocycles. The highest BCUT2D eigenvalue weighted by Gasteiger charge is 2.63. The maximum Gasteiger partial charge on any atom is 0.119 e. The Balaban J connectivity index is 1.82. The van der Waals surface area contributed by atoms with Gasteiger partial charge in [-0.15, -0.1) is 0 Å². The first-order valence-corrected chi connectivity index (χ1v) is 11.0. The van der Waals surface area contributed by atoms with E-state index < -0.39 is 10.8 Å². The van der Waals surface area contributed by atoms with Crippen molar-refractivity contribution in [3.05, 3.63) is 142 Å². The predicted molar refractivity (Wildman–Crippen MR) is 122 cm³/mol. The molecule has 0 atom stereocenters. The Morgan fingerprint density at radius 2 is 0.688 bits per heavy atom. The van der Waals surface area contributed by atoms with Gasteiger partial charge in [-0.25, -0.2) is 0 Å². The van der Waals surface area contributed by atoms with Crippen molar-refractivity contribution in [1.82, 2.24) is 0 Å². The summed E-state index contributed by atoms with van der Waals surface area (Å²) in [6.07, 6.45) is 0. The number of benzene rings is 4. The molecule has 4 aromatic rings. The largest absolute Gasteiger partial charge is 0.197 e.